The van der Waals surface area contributed by atoms with Gasteiger partial charge >= 0.3 is 5.97 Å². The van der Waals surface area contributed by atoms with E-state index in [1.54, 1.807) is 18.2 Å². The average molecular weight is 486 g/mol. The van der Waals surface area contributed by atoms with Crippen molar-refractivity contribution < 1.29 is 14.3 Å². The number of ether oxygens (including phenoxy) is 1. The minimum Gasteiger partial charge on any atom is -0.449 e. The molecule has 8 heteroatoms. The summed E-state index contributed by atoms with van der Waals surface area (Å²) in [6.07, 6.45) is 0.758. The summed E-state index contributed by atoms with van der Waals surface area (Å²) < 4.78 is 5.64. The molecule has 1 amide bonds. The molecule has 0 radical (unpaired) electrons. The fourth-order valence-electron chi connectivity index (χ4n) is 4.09. The van der Waals surface area contributed by atoms with Crippen molar-refractivity contribution in [1.82, 2.24) is 9.88 Å². The molecule has 2 heterocycles. The molecule has 1 N–H and O–H groups in total. The largest absolute Gasteiger partial charge is 0.449 e. The number of nitrogens with zero attached hydrogens (tertiary/aromatic N) is 2. The SMILES string of the molecule is CCCN1CCc2nc3ccccc3c(C(=O)OC(C)C(=O)Nc3cccc(Cl)c3Cl)c2C1. The molecule has 0 spiro atoms. The van der Waals surface area contributed by atoms with Crippen molar-refractivity contribution in [1.29, 1.82) is 0 Å². The molecular weight excluding hydrogens is 461 g/mol. The number of aromatic nitrogens is 1. The maximum atomic E-state index is 13.4. The monoisotopic (exact) mass is 485 g/mol. The van der Waals surface area contributed by atoms with Crippen LogP contribution in [0.2, 0.25) is 10.0 Å². The summed E-state index contributed by atoms with van der Waals surface area (Å²) in [6.45, 7) is 6.14. The zero-order valence-corrected chi connectivity index (χ0v) is 20.0. The number of esters is 1. The second-order valence-electron chi connectivity index (χ2n) is 8.09. The van der Waals surface area contributed by atoms with Crippen molar-refractivity contribution in [2.24, 2.45) is 0 Å². The summed E-state index contributed by atoms with van der Waals surface area (Å²) in [4.78, 5) is 33.2. The summed E-state index contributed by atoms with van der Waals surface area (Å²) in [6, 6.07) is 12.5. The Kier molecular flexibility index (Phi) is 7.17. The van der Waals surface area contributed by atoms with Gasteiger partial charge in [-0.2, -0.15) is 0 Å². The Morgan fingerprint density at radius 1 is 1.18 bits per heavy atom. The van der Waals surface area contributed by atoms with Gasteiger partial charge in [0, 0.05) is 36.2 Å². The van der Waals surface area contributed by atoms with E-state index in [9.17, 15) is 9.59 Å². The van der Waals surface area contributed by atoms with Crippen LogP contribution in [0.4, 0.5) is 5.69 Å². The second kappa shape index (κ2) is 10.1. The predicted molar refractivity (Wildman–Crippen MR) is 131 cm³/mol. The van der Waals surface area contributed by atoms with Gasteiger partial charge in [-0.3, -0.25) is 14.7 Å². The molecule has 6 nitrogen and oxygen atoms in total. The van der Waals surface area contributed by atoms with E-state index in [-0.39, 0.29) is 5.02 Å². The van der Waals surface area contributed by atoms with E-state index in [0.717, 1.165) is 48.1 Å². The third-order valence-corrected chi connectivity index (χ3v) is 6.55. The molecule has 1 aromatic heterocycles. The minimum atomic E-state index is -1.04. The molecular formula is C25H25Cl2N3O3. The van der Waals surface area contributed by atoms with Crippen molar-refractivity contribution in [2.45, 2.75) is 39.3 Å². The molecule has 0 aliphatic carbocycles. The Bertz CT molecular complexity index is 1210. The zero-order chi connectivity index (χ0) is 23.5. The maximum Gasteiger partial charge on any atom is 0.339 e. The molecule has 172 valence electrons. The lowest BCUT2D eigenvalue weighted by molar-refractivity contribution is -0.123. The molecule has 2 aromatic carbocycles. The Labute approximate surface area is 202 Å². The van der Waals surface area contributed by atoms with Crippen LogP contribution in [0.5, 0.6) is 0 Å². The van der Waals surface area contributed by atoms with Crippen LogP contribution in [0.25, 0.3) is 10.9 Å². The standard InChI is InChI=1S/C25H25Cl2N3O3/c1-3-12-30-13-11-20-17(14-30)22(16-7-4-5-9-19(16)28-20)25(32)33-15(2)24(31)29-21-10-6-8-18(26)23(21)27/h4-10,15H,3,11-14H2,1-2H3,(H,29,31). The summed E-state index contributed by atoms with van der Waals surface area (Å²) in [5.41, 5.74) is 3.38. The highest BCUT2D eigenvalue weighted by Crippen LogP contribution is 2.31. The van der Waals surface area contributed by atoms with Crippen LogP contribution >= 0.6 is 23.2 Å². The third kappa shape index (κ3) is 4.98. The highest BCUT2D eigenvalue weighted by Gasteiger charge is 2.28. The van der Waals surface area contributed by atoms with E-state index in [0.29, 0.717) is 22.8 Å². The quantitative estimate of drug-likeness (QED) is 0.467. The molecule has 1 unspecified atom stereocenters. The molecule has 1 aliphatic rings. The van der Waals surface area contributed by atoms with Gasteiger partial charge in [0.1, 0.15) is 0 Å². The number of nitrogens with one attached hydrogen (secondary N) is 1. The molecule has 33 heavy (non-hydrogen) atoms. The Morgan fingerprint density at radius 2 is 1.97 bits per heavy atom. The summed E-state index contributed by atoms with van der Waals surface area (Å²) in [7, 11) is 0. The molecule has 1 atom stereocenters. The Balaban J connectivity index is 1.61. The number of halogens is 2. The van der Waals surface area contributed by atoms with Gasteiger partial charge in [-0.05, 0) is 38.1 Å². The summed E-state index contributed by atoms with van der Waals surface area (Å²) in [5.74, 6) is -1.03. The number of anilines is 1. The van der Waals surface area contributed by atoms with Crippen LogP contribution in [0.15, 0.2) is 42.5 Å². The van der Waals surface area contributed by atoms with Gasteiger partial charge < -0.3 is 10.1 Å². The average Bonchev–Trinajstić information content (AvgIpc) is 2.80. The Hall–Kier alpha value is -2.67. The van der Waals surface area contributed by atoms with Crippen molar-refractivity contribution >= 4 is 51.7 Å². The van der Waals surface area contributed by atoms with Gasteiger partial charge in [0.15, 0.2) is 6.10 Å². The van der Waals surface area contributed by atoms with E-state index < -0.39 is 18.0 Å². The number of fused-ring (bicyclic) bond motifs is 2. The molecule has 0 saturated carbocycles. The number of hydrogen-bond acceptors (Lipinski definition) is 5. The fourth-order valence-corrected chi connectivity index (χ4v) is 4.44. The van der Waals surface area contributed by atoms with Crippen LogP contribution in [0.1, 0.15) is 41.9 Å². The minimum absolute atomic E-state index is 0.233. The van der Waals surface area contributed by atoms with Crippen molar-refractivity contribution in [3.8, 4) is 0 Å². The van der Waals surface area contributed by atoms with E-state index in [2.05, 4.69) is 17.1 Å². The van der Waals surface area contributed by atoms with Crippen LogP contribution in [0.3, 0.4) is 0 Å². The number of rotatable bonds is 6. The number of carbonyl (C=O) groups is 2. The van der Waals surface area contributed by atoms with E-state index in [4.69, 9.17) is 32.9 Å². The molecule has 0 saturated heterocycles. The lowest BCUT2D eigenvalue weighted by Gasteiger charge is -2.29. The molecule has 0 bridgehead atoms. The first-order chi connectivity index (χ1) is 15.9. The second-order valence-corrected chi connectivity index (χ2v) is 8.88. The zero-order valence-electron chi connectivity index (χ0n) is 18.5. The van der Waals surface area contributed by atoms with E-state index >= 15 is 0 Å². The molecule has 0 fully saturated rings. The smallest absolute Gasteiger partial charge is 0.339 e. The van der Waals surface area contributed by atoms with E-state index in [1.807, 2.05) is 24.3 Å². The number of benzene rings is 2. The molecule has 3 aromatic rings. The first-order valence-corrected chi connectivity index (χ1v) is 11.7. The van der Waals surface area contributed by atoms with Gasteiger partial charge in [-0.1, -0.05) is 54.4 Å². The summed E-state index contributed by atoms with van der Waals surface area (Å²) in [5, 5.41) is 3.96. The van der Waals surface area contributed by atoms with Crippen LogP contribution < -0.4 is 5.32 Å². The highest BCUT2D eigenvalue weighted by molar-refractivity contribution is 6.44. The third-order valence-electron chi connectivity index (χ3n) is 5.73. The number of para-hydroxylation sites is 1. The molecule has 4 rings (SSSR count). The number of hydrogen-bond donors (Lipinski definition) is 1. The van der Waals surface area contributed by atoms with Crippen molar-refractivity contribution in [3.63, 3.8) is 0 Å². The van der Waals surface area contributed by atoms with Crippen LogP contribution in [-0.4, -0.2) is 41.0 Å². The van der Waals surface area contributed by atoms with Crippen molar-refractivity contribution in [2.75, 3.05) is 18.4 Å². The van der Waals surface area contributed by atoms with Crippen LogP contribution in [0, 0.1) is 0 Å². The highest BCUT2D eigenvalue weighted by atomic mass is 35.5. The topological polar surface area (TPSA) is 71.5 Å². The van der Waals surface area contributed by atoms with Gasteiger partial charge in [-0.15, -0.1) is 0 Å². The lowest BCUT2D eigenvalue weighted by atomic mass is 9.95. The number of pyridine rings is 1. The normalized spacial score (nSPS) is 14.5. The van der Waals surface area contributed by atoms with Gasteiger partial charge in [0.25, 0.3) is 5.91 Å². The van der Waals surface area contributed by atoms with Crippen molar-refractivity contribution in [3.05, 3.63) is 69.3 Å². The molecule has 1 aliphatic heterocycles. The lowest BCUT2D eigenvalue weighted by Crippen LogP contribution is -2.34. The fraction of sp³-hybridized carbons (Fsp3) is 0.320. The van der Waals surface area contributed by atoms with Gasteiger partial charge in [0.05, 0.1) is 26.8 Å². The first-order valence-electron chi connectivity index (χ1n) is 11.0. The first kappa shape index (κ1) is 23.5. The number of carbonyl (C=O) groups excluding carboxylic acids is 2. The summed E-state index contributed by atoms with van der Waals surface area (Å²) >= 11 is 12.2. The Morgan fingerprint density at radius 3 is 2.76 bits per heavy atom. The van der Waals surface area contributed by atoms with Gasteiger partial charge in [0.2, 0.25) is 0 Å². The van der Waals surface area contributed by atoms with E-state index in [1.165, 1.54) is 6.92 Å². The number of amides is 1. The van der Waals surface area contributed by atoms with Crippen LogP contribution in [-0.2, 0) is 22.5 Å². The maximum absolute atomic E-state index is 13.4. The van der Waals surface area contributed by atoms with Gasteiger partial charge in [-0.25, -0.2) is 4.79 Å². The predicted octanol–water partition coefficient (Wildman–Crippen LogP) is 5.49.